The molecule has 1 amide bonds. The number of hydrogen-bond acceptors (Lipinski definition) is 2. The quantitative estimate of drug-likeness (QED) is 0.742. The van der Waals surface area contributed by atoms with Crippen LogP contribution in [0, 0.1) is 5.92 Å². The van der Waals surface area contributed by atoms with Gasteiger partial charge in [0.2, 0.25) is 5.91 Å². The summed E-state index contributed by atoms with van der Waals surface area (Å²) in [5.41, 5.74) is 1.08. The summed E-state index contributed by atoms with van der Waals surface area (Å²) in [6.45, 7) is 2.69. The first-order valence-corrected chi connectivity index (χ1v) is 6.26. The van der Waals surface area contributed by atoms with Crippen LogP contribution < -0.4 is 0 Å². The molecular formula is C14H17NO2. The van der Waals surface area contributed by atoms with Crippen molar-refractivity contribution in [1.82, 2.24) is 4.90 Å². The van der Waals surface area contributed by atoms with Crippen LogP contribution in [-0.2, 0) is 9.53 Å². The van der Waals surface area contributed by atoms with Crippen molar-refractivity contribution in [3.63, 3.8) is 0 Å². The molecular weight excluding hydrogens is 214 g/mol. The SMILES string of the molecule is C[C@@H]1CC[C@H]2CO[C@H](c3ccccc3)N2C1=O. The summed E-state index contributed by atoms with van der Waals surface area (Å²) < 4.78 is 5.81. The van der Waals surface area contributed by atoms with Gasteiger partial charge in [-0.3, -0.25) is 4.79 Å². The summed E-state index contributed by atoms with van der Waals surface area (Å²) in [4.78, 5) is 14.2. The van der Waals surface area contributed by atoms with Gasteiger partial charge in [0.15, 0.2) is 6.23 Å². The van der Waals surface area contributed by atoms with Crippen molar-refractivity contribution in [3.05, 3.63) is 35.9 Å². The molecule has 3 atom stereocenters. The molecule has 0 unspecified atom stereocenters. The minimum absolute atomic E-state index is 0.138. The molecule has 0 bridgehead atoms. The highest BCUT2D eigenvalue weighted by molar-refractivity contribution is 5.80. The van der Waals surface area contributed by atoms with E-state index in [-0.39, 0.29) is 24.1 Å². The molecule has 90 valence electrons. The second-order valence-electron chi connectivity index (χ2n) is 4.97. The first kappa shape index (κ1) is 10.8. The highest BCUT2D eigenvalue weighted by Crippen LogP contribution is 2.37. The fourth-order valence-corrected chi connectivity index (χ4v) is 2.77. The number of carbonyl (C=O) groups is 1. The smallest absolute Gasteiger partial charge is 0.228 e. The molecule has 2 fully saturated rings. The number of piperidine rings is 1. The van der Waals surface area contributed by atoms with E-state index in [1.54, 1.807) is 0 Å². The van der Waals surface area contributed by atoms with Crippen molar-refractivity contribution in [2.24, 2.45) is 5.92 Å². The number of carbonyl (C=O) groups excluding carboxylic acids is 1. The fraction of sp³-hybridized carbons (Fsp3) is 0.500. The van der Waals surface area contributed by atoms with E-state index in [1.807, 2.05) is 42.2 Å². The maximum absolute atomic E-state index is 12.2. The van der Waals surface area contributed by atoms with E-state index in [2.05, 4.69) is 0 Å². The van der Waals surface area contributed by atoms with Crippen molar-refractivity contribution in [1.29, 1.82) is 0 Å². The lowest BCUT2D eigenvalue weighted by Crippen LogP contribution is -2.45. The molecule has 3 rings (SSSR count). The number of fused-ring (bicyclic) bond motifs is 1. The summed E-state index contributed by atoms with van der Waals surface area (Å²) in [7, 11) is 0. The molecule has 2 aliphatic rings. The molecule has 0 radical (unpaired) electrons. The molecule has 17 heavy (non-hydrogen) atoms. The molecule has 3 heteroatoms. The molecule has 2 saturated heterocycles. The van der Waals surface area contributed by atoms with Gasteiger partial charge in [-0.2, -0.15) is 0 Å². The van der Waals surface area contributed by atoms with Crippen LogP contribution in [0.3, 0.4) is 0 Å². The van der Waals surface area contributed by atoms with Crippen LogP contribution in [0.2, 0.25) is 0 Å². The summed E-state index contributed by atoms with van der Waals surface area (Å²) >= 11 is 0. The zero-order valence-electron chi connectivity index (χ0n) is 10.0. The highest BCUT2D eigenvalue weighted by Gasteiger charge is 2.43. The molecule has 0 aliphatic carbocycles. The molecule has 0 aromatic heterocycles. The van der Waals surface area contributed by atoms with Crippen LogP contribution in [0.15, 0.2) is 30.3 Å². The van der Waals surface area contributed by atoms with E-state index in [1.165, 1.54) is 0 Å². The van der Waals surface area contributed by atoms with Gasteiger partial charge in [0, 0.05) is 11.5 Å². The van der Waals surface area contributed by atoms with Gasteiger partial charge in [-0.25, -0.2) is 0 Å². The van der Waals surface area contributed by atoms with E-state index >= 15 is 0 Å². The average Bonchev–Trinajstić information content (AvgIpc) is 2.79. The first-order valence-electron chi connectivity index (χ1n) is 6.26. The van der Waals surface area contributed by atoms with E-state index in [9.17, 15) is 4.79 Å². The second kappa shape index (κ2) is 4.15. The summed E-state index contributed by atoms with van der Waals surface area (Å²) in [6, 6.07) is 10.3. The third-order valence-electron chi connectivity index (χ3n) is 3.79. The lowest BCUT2D eigenvalue weighted by atomic mass is 9.93. The minimum Gasteiger partial charge on any atom is -0.352 e. The van der Waals surface area contributed by atoms with Crippen LogP contribution >= 0.6 is 0 Å². The Kier molecular flexibility index (Phi) is 2.63. The predicted octanol–water partition coefficient (Wildman–Crippen LogP) is 2.34. The Bertz CT molecular complexity index is 417. The molecule has 1 aromatic rings. The van der Waals surface area contributed by atoms with Gasteiger partial charge in [0.1, 0.15) is 0 Å². The molecule has 0 N–H and O–H groups in total. The van der Waals surface area contributed by atoms with Crippen molar-refractivity contribution in [2.45, 2.75) is 32.0 Å². The lowest BCUT2D eigenvalue weighted by molar-refractivity contribution is -0.145. The molecule has 2 aliphatic heterocycles. The van der Waals surface area contributed by atoms with Gasteiger partial charge >= 0.3 is 0 Å². The predicted molar refractivity (Wildman–Crippen MR) is 64.2 cm³/mol. The van der Waals surface area contributed by atoms with Gasteiger partial charge < -0.3 is 9.64 Å². The molecule has 1 aromatic carbocycles. The third kappa shape index (κ3) is 1.75. The molecule has 3 nitrogen and oxygen atoms in total. The monoisotopic (exact) mass is 231 g/mol. The van der Waals surface area contributed by atoms with Gasteiger partial charge in [0.25, 0.3) is 0 Å². The van der Waals surface area contributed by atoms with Gasteiger partial charge in [-0.15, -0.1) is 0 Å². The Morgan fingerprint density at radius 1 is 1.24 bits per heavy atom. The van der Waals surface area contributed by atoms with Crippen LogP contribution in [-0.4, -0.2) is 23.5 Å². The Labute approximate surface area is 101 Å². The zero-order chi connectivity index (χ0) is 11.8. The number of nitrogens with zero attached hydrogens (tertiary/aromatic N) is 1. The van der Waals surface area contributed by atoms with Gasteiger partial charge in [-0.05, 0) is 12.8 Å². The van der Waals surface area contributed by atoms with Crippen LogP contribution in [0.25, 0.3) is 0 Å². The van der Waals surface area contributed by atoms with Crippen molar-refractivity contribution in [3.8, 4) is 0 Å². The average molecular weight is 231 g/mol. The molecule has 2 heterocycles. The Hall–Kier alpha value is -1.35. The summed E-state index contributed by atoms with van der Waals surface area (Å²) in [5, 5.41) is 0. The second-order valence-corrected chi connectivity index (χ2v) is 4.97. The van der Waals surface area contributed by atoms with E-state index < -0.39 is 0 Å². The number of hydrogen-bond donors (Lipinski definition) is 0. The number of benzene rings is 1. The maximum Gasteiger partial charge on any atom is 0.228 e. The number of rotatable bonds is 1. The van der Waals surface area contributed by atoms with Gasteiger partial charge in [0.05, 0.1) is 12.6 Å². The first-order chi connectivity index (χ1) is 8.27. The standard InChI is InChI=1S/C14H17NO2/c1-10-7-8-12-9-17-14(15(12)13(10)16)11-5-3-2-4-6-11/h2-6,10,12,14H,7-9H2,1H3/t10-,12+,14-/m1/s1. The Balaban J connectivity index is 1.90. The number of amides is 1. The molecule has 0 spiro atoms. The van der Waals surface area contributed by atoms with Crippen molar-refractivity contribution in [2.75, 3.05) is 6.61 Å². The lowest BCUT2D eigenvalue weighted by Gasteiger charge is -2.35. The van der Waals surface area contributed by atoms with Crippen molar-refractivity contribution >= 4 is 5.91 Å². The van der Waals surface area contributed by atoms with Crippen molar-refractivity contribution < 1.29 is 9.53 Å². The zero-order valence-corrected chi connectivity index (χ0v) is 10.0. The maximum atomic E-state index is 12.2. The van der Waals surface area contributed by atoms with Crippen LogP contribution in [0.4, 0.5) is 0 Å². The van der Waals surface area contributed by atoms with E-state index in [4.69, 9.17) is 4.74 Å². The fourth-order valence-electron chi connectivity index (χ4n) is 2.77. The highest BCUT2D eigenvalue weighted by atomic mass is 16.5. The third-order valence-corrected chi connectivity index (χ3v) is 3.79. The topological polar surface area (TPSA) is 29.5 Å². The van der Waals surface area contributed by atoms with E-state index in [0.717, 1.165) is 18.4 Å². The largest absolute Gasteiger partial charge is 0.352 e. The van der Waals surface area contributed by atoms with Gasteiger partial charge in [-0.1, -0.05) is 37.3 Å². The summed E-state index contributed by atoms with van der Waals surface area (Å²) in [6.07, 6.45) is 1.89. The Morgan fingerprint density at radius 2 is 2.00 bits per heavy atom. The normalized spacial score (nSPS) is 32.6. The molecule has 0 saturated carbocycles. The number of ether oxygens (including phenoxy) is 1. The summed E-state index contributed by atoms with van der Waals surface area (Å²) in [5.74, 6) is 0.381. The van der Waals surface area contributed by atoms with Crippen LogP contribution in [0.5, 0.6) is 0 Å². The van der Waals surface area contributed by atoms with E-state index in [0.29, 0.717) is 6.61 Å². The minimum atomic E-state index is -0.170. The van der Waals surface area contributed by atoms with Crippen LogP contribution in [0.1, 0.15) is 31.6 Å². The Morgan fingerprint density at radius 3 is 2.76 bits per heavy atom.